The molecule has 2 aromatic rings. The fourth-order valence-electron chi connectivity index (χ4n) is 1.81. The lowest BCUT2D eigenvalue weighted by Gasteiger charge is -2.04. The highest BCUT2D eigenvalue weighted by atomic mass is 15.0. The van der Waals surface area contributed by atoms with Crippen LogP contribution in [-0.2, 0) is 7.05 Å². The van der Waals surface area contributed by atoms with Crippen LogP contribution in [0.25, 0.3) is 11.4 Å². The smallest absolute Gasteiger partial charge is 0.233 e. The molecule has 1 heterocycles. The number of hydrogen-bond donors (Lipinski definition) is 0. The van der Waals surface area contributed by atoms with Gasteiger partial charge in [-0.25, -0.2) is 4.57 Å². The lowest BCUT2D eigenvalue weighted by molar-refractivity contribution is -0.663. The van der Waals surface area contributed by atoms with Crippen LogP contribution in [0.3, 0.4) is 0 Å². The van der Waals surface area contributed by atoms with E-state index >= 15 is 0 Å². The lowest BCUT2D eigenvalue weighted by Crippen LogP contribution is -2.32. The summed E-state index contributed by atoms with van der Waals surface area (Å²) in [6.07, 6.45) is 3.69. The van der Waals surface area contributed by atoms with Crippen molar-refractivity contribution in [1.29, 1.82) is 0 Å². The summed E-state index contributed by atoms with van der Waals surface area (Å²) in [5.41, 5.74) is 4.12. The van der Waals surface area contributed by atoms with Gasteiger partial charge in [0.2, 0.25) is 0 Å². The molecule has 0 saturated carbocycles. The summed E-state index contributed by atoms with van der Waals surface area (Å²) in [7, 11) is 1.94. The Kier molecular flexibility index (Phi) is 2.14. The van der Waals surface area contributed by atoms with Crippen LogP contribution in [0, 0.1) is 20.7 Å². The Morgan fingerprint density at radius 2 is 2.06 bits per heavy atom. The topological polar surface area (TPSA) is 16.8 Å². The summed E-state index contributed by atoms with van der Waals surface area (Å²) in [5.74, 6) is 0.890. The van der Waals surface area contributed by atoms with Crippen molar-refractivity contribution in [2.24, 2.45) is 7.05 Å². The van der Waals surface area contributed by atoms with Crippen LogP contribution in [0.4, 0.5) is 0 Å². The first-order valence-corrected chi connectivity index (χ1v) is 5.18. The van der Waals surface area contributed by atoms with Gasteiger partial charge in [-0.3, -0.25) is 0 Å². The van der Waals surface area contributed by atoms with Gasteiger partial charge in [0, 0.05) is 8.30 Å². The molecule has 16 heavy (non-hydrogen) atoms. The van der Waals surface area contributed by atoms with E-state index in [0.717, 1.165) is 28.1 Å². The maximum atomic E-state index is 7.37. The van der Waals surface area contributed by atoms with Crippen LogP contribution in [0.15, 0.2) is 30.6 Å². The van der Waals surface area contributed by atoms with E-state index in [4.69, 9.17) is 2.74 Å². The largest absolute Gasteiger partial charge is 0.330 e. The Morgan fingerprint density at radius 3 is 2.69 bits per heavy atom. The monoisotopic (exact) mass is 215 g/mol. The normalized spacial score (nSPS) is 12.1. The molecule has 1 aromatic carbocycles. The highest BCUT2D eigenvalue weighted by Gasteiger charge is 2.14. The van der Waals surface area contributed by atoms with Crippen molar-refractivity contribution in [1.82, 2.24) is 4.98 Å². The van der Waals surface area contributed by atoms with Gasteiger partial charge in [0.15, 0.2) is 0 Å². The van der Waals surface area contributed by atoms with Crippen molar-refractivity contribution in [2.75, 3.05) is 0 Å². The van der Waals surface area contributed by atoms with Crippen LogP contribution in [0.2, 0.25) is 0 Å². The molecule has 0 aliphatic rings. The third-order valence-electron chi connectivity index (χ3n) is 2.58. The Labute approximate surface area is 99.4 Å². The molecule has 0 saturated heterocycles. The predicted molar refractivity (Wildman–Crippen MR) is 65.1 cm³/mol. The second-order valence-corrected chi connectivity index (χ2v) is 4.05. The zero-order valence-electron chi connectivity index (χ0n) is 11.7. The fraction of sp³-hybridized carbons (Fsp3) is 0.286. The number of hydrogen-bond acceptors (Lipinski definition) is 1. The number of benzene rings is 1. The fourth-order valence-corrected chi connectivity index (χ4v) is 1.81. The van der Waals surface area contributed by atoms with Gasteiger partial charge in [-0.2, -0.15) is 0 Å². The van der Waals surface area contributed by atoms with Crippen LogP contribution in [-0.4, -0.2) is 4.98 Å². The van der Waals surface area contributed by atoms with E-state index in [9.17, 15) is 0 Å². The minimum atomic E-state index is 0.248. The van der Waals surface area contributed by atoms with Crippen LogP contribution in [0.5, 0.6) is 0 Å². The highest BCUT2D eigenvalue weighted by molar-refractivity contribution is 5.58. The van der Waals surface area contributed by atoms with Gasteiger partial charge in [0.1, 0.15) is 6.20 Å². The van der Waals surface area contributed by atoms with E-state index in [-0.39, 0.29) is 6.90 Å². The van der Waals surface area contributed by atoms with E-state index in [2.05, 4.69) is 4.98 Å². The minimum Gasteiger partial charge on any atom is -0.233 e. The number of aryl methyl sites for hydroxylation is 4. The van der Waals surface area contributed by atoms with E-state index in [0.29, 0.717) is 6.90 Å². The summed E-state index contributed by atoms with van der Waals surface area (Å²) in [6, 6.07) is 6.01. The van der Waals surface area contributed by atoms with Crippen molar-refractivity contribution in [3.8, 4) is 11.4 Å². The average molecular weight is 215 g/mol. The first kappa shape index (κ1) is 8.45. The molecule has 2 nitrogen and oxygen atoms in total. The lowest BCUT2D eigenvalue weighted by atomic mass is 10.1. The molecule has 0 unspecified atom stereocenters. The van der Waals surface area contributed by atoms with Crippen molar-refractivity contribution in [3.63, 3.8) is 0 Å². The molecule has 0 radical (unpaired) electrons. The van der Waals surface area contributed by atoms with Gasteiger partial charge in [-0.15, -0.1) is 0 Å². The Morgan fingerprint density at radius 1 is 1.25 bits per heavy atom. The number of nitrogens with zero attached hydrogens (tertiary/aromatic N) is 2. The third kappa shape index (κ3) is 1.96. The number of aromatic nitrogens is 2. The second-order valence-electron chi connectivity index (χ2n) is 4.05. The molecule has 0 aliphatic heterocycles. The summed E-state index contributed by atoms with van der Waals surface area (Å²) in [5, 5.41) is 0. The molecule has 0 amide bonds. The summed E-state index contributed by atoms with van der Waals surface area (Å²) in [6.45, 7) is 2.59. The standard InChI is InChI=1S/C14H17N2/c1-10-5-6-13(12(3)7-10)14-15-8-11(2)9-16(14)4/h5-9H,1-4H3/q+1/i1D,2D. The van der Waals surface area contributed by atoms with Gasteiger partial charge in [-0.1, -0.05) is 17.7 Å². The van der Waals surface area contributed by atoms with E-state index in [1.807, 2.05) is 42.9 Å². The molecule has 0 bridgehead atoms. The molecule has 0 aliphatic carbocycles. The molecule has 2 heteroatoms. The molecule has 0 atom stereocenters. The molecular weight excluding hydrogens is 196 g/mol. The first-order chi connectivity index (χ1) is 8.65. The maximum Gasteiger partial charge on any atom is 0.330 e. The van der Waals surface area contributed by atoms with Gasteiger partial charge >= 0.3 is 5.82 Å². The quantitative estimate of drug-likeness (QED) is 0.668. The van der Waals surface area contributed by atoms with Crippen LogP contribution in [0.1, 0.15) is 19.4 Å². The van der Waals surface area contributed by atoms with Gasteiger partial charge in [-0.05, 0) is 37.3 Å². The minimum absolute atomic E-state index is 0.248. The molecule has 0 N–H and O–H groups in total. The Hall–Kier alpha value is -1.70. The van der Waals surface area contributed by atoms with Crippen molar-refractivity contribution in [3.05, 3.63) is 47.3 Å². The Balaban J connectivity index is 2.48. The zero-order chi connectivity index (χ0) is 13.1. The van der Waals surface area contributed by atoms with E-state index in [1.165, 1.54) is 0 Å². The highest BCUT2D eigenvalue weighted by Crippen LogP contribution is 2.19. The van der Waals surface area contributed by atoms with Crippen molar-refractivity contribution >= 4 is 0 Å². The summed E-state index contributed by atoms with van der Waals surface area (Å²) >= 11 is 0. The third-order valence-corrected chi connectivity index (χ3v) is 2.58. The van der Waals surface area contributed by atoms with Gasteiger partial charge < -0.3 is 0 Å². The average Bonchev–Trinajstić information content (AvgIpc) is 2.39. The Bertz CT molecular complexity index is 516. The van der Waals surface area contributed by atoms with Gasteiger partial charge in [0.25, 0.3) is 0 Å². The predicted octanol–water partition coefficient (Wildman–Crippen LogP) is 2.50. The molecule has 2 rings (SSSR count). The van der Waals surface area contributed by atoms with Gasteiger partial charge in [0.05, 0.1) is 18.8 Å². The van der Waals surface area contributed by atoms with Crippen LogP contribution >= 0.6 is 0 Å². The SMILES string of the molecule is [2H]Cc1ccc(-c2ncc(C[2H])c[n+]2C)c(C)c1. The first-order valence-electron chi connectivity index (χ1n) is 6.60. The van der Waals surface area contributed by atoms with Crippen molar-refractivity contribution < 1.29 is 7.31 Å². The van der Waals surface area contributed by atoms with Crippen molar-refractivity contribution in [2.45, 2.75) is 20.7 Å². The molecular formula is C14H17N2+. The van der Waals surface area contributed by atoms with E-state index < -0.39 is 0 Å². The zero-order valence-corrected chi connectivity index (χ0v) is 9.70. The number of rotatable bonds is 1. The summed E-state index contributed by atoms with van der Waals surface area (Å²) < 4.78 is 16.7. The summed E-state index contributed by atoms with van der Waals surface area (Å²) in [4.78, 5) is 4.43. The van der Waals surface area contributed by atoms with E-state index in [1.54, 1.807) is 6.20 Å². The second kappa shape index (κ2) is 4.05. The molecule has 0 spiro atoms. The molecule has 82 valence electrons. The maximum absolute atomic E-state index is 7.37. The molecule has 1 aromatic heterocycles. The van der Waals surface area contributed by atoms with Crippen LogP contribution < -0.4 is 4.57 Å². The molecule has 0 fully saturated rings.